The Morgan fingerprint density at radius 1 is 1.20 bits per heavy atom. The Morgan fingerprint density at radius 3 is 2.63 bits per heavy atom. The Morgan fingerprint density at radius 2 is 2.00 bits per heavy atom. The van der Waals surface area contributed by atoms with Crippen molar-refractivity contribution in [3.8, 4) is 0 Å². The first-order valence-electron chi connectivity index (χ1n) is 10.9. The van der Waals surface area contributed by atoms with Gasteiger partial charge in [0, 0.05) is 45.8 Å². The number of rotatable bonds is 6. The van der Waals surface area contributed by atoms with Gasteiger partial charge >= 0.3 is 0 Å². The third kappa shape index (κ3) is 5.36. The van der Waals surface area contributed by atoms with E-state index in [9.17, 15) is 0 Å². The van der Waals surface area contributed by atoms with Crippen molar-refractivity contribution in [2.45, 2.75) is 31.8 Å². The number of hydrogen-bond acceptors (Lipinski definition) is 6. The highest BCUT2D eigenvalue weighted by Gasteiger charge is 2.26. The molecule has 2 aromatic rings. The fourth-order valence-corrected chi connectivity index (χ4v) is 4.99. The number of guanidine groups is 1. The van der Waals surface area contributed by atoms with Crippen LogP contribution in [0, 0.1) is 6.92 Å². The minimum Gasteiger partial charge on any atom is -0.465 e. The molecule has 0 spiro atoms. The normalized spacial score (nSPS) is 20.3. The highest BCUT2D eigenvalue weighted by Crippen LogP contribution is 2.25. The van der Waals surface area contributed by atoms with Gasteiger partial charge < -0.3 is 24.7 Å². The Bertz CT molecular complexity index is 792. The zero-order chi connectivity index (χ0) is 20.8. The lowest BCUT2D eigenvalue weighted by Gasteiger charge is -2.35. The largest absolute Gasteiger partial charge is 0.465 e. The maximum atomic E-state index is 5.97. The van der Waals surface area contributed by atoms with Gasteiger partial charge in [-0.1, -0.05) is 0 Å². The maximum Gasteiger partial charge on any atom is 0.191 e. The number of thiophene rings is 1. The molecule has 0 amide bonds. The summed E-state index contributed by atoms with van der Waals surface area (Å²) in [6.45, 7) is 8.28. The molecule has 0 aliphatic carbocycles. The molecule has 4 rings (SSSR count). The number of nitrogens with one attached hydrogen (secondary N) is 2. The van der Waals surface area contributed by atoms with Gasteiger partial charge in [0.15, 0.2) is 5.96 Å². The van der Waals surface area contributed by atoms with Gasteiger partial charge in [0.2, 0.25) is 0 Å². The molecule has 0 saturated carbocycles. The molecular formula is C22H33N5O2S. The highest BCUT2D eigenvalue weighted by molar-refractivity contribution is 7.14. The minimum absolute atomic E-state index is 0.168. The van der Waals surface area contributed by atoms with Crippen LogP contribution in [0.25, 0.3) is 0 Å². The van der Waals surface area contributed by atoms with Crippen LogP contribution in [-0.2, 0) is 4.74 Å². The van der Waals surface area contributed by atoms with Gasteiger partial charge in [0.05, 0.1) is 24.3 Å². The second-order valence-corrected chi connectivity index (χ2v) is 8.85. The molecular weight excluding hydrogens is 398 g/mol. The van der Waals surface area contributed by atoms with Crippen molar-refractivity contribution in [2.24, 2.45) is 4.99 Å². The maximum absolute atomic E-state index is 5.97. The van der Waals surface area contributed by atoms with E-state index >= 15 is 0 Å². The summed E-state index contributed by atoms with van der Waals surface area (Å²) in [5.41, 5.74) is 0. The molecule has 2 fully saturated rings. The summed E-state index contributed by atoms with van der Waals surface area (Å²) >= 11 is 1.82. The Balaban J connectivity index is 1.31. The predicted octanol–water partition coefficient (Wildman–Crippen LogP) is 2.86. The van der Waals surface area contributed by atoms with Crippen LogP contribution in [0.2, 0.25) is 0 Å². The molecule has 0 radical (unpaired) electrons. The first-order chi connectivity index (χ1) is 14.7. The van der Waals surface area contributed by atoms with E-state index in [1.54, 1.807) is 0 Å². The Hall–Kier alpha value is -2.03. The van der Waals surface area contributed by atoms with Crippen molar-refractivity contribution in [2.75, 3.05) is 57.9 Å². The van der Waals surface area contributed by atoms with Gasteiger partial charge in [-0.25, -0.2) is 0 Å². The average molecular weight is 432 g/mol. The van der Waals surface area contributed by atoms with Crippen LogP contribution in [0.4, 0.5) is 5.00 Å². The monoisotopic (exact) mass is 431 g/mol. The fraction of sp³-hybridized carbons (Fsp3) is 0.591. The van der Waals surface area contributed by atoms with E-state index in [2.05, 4.69) is 49.0 Å². The predicted molar refractivity (Wildman–Crippen MR) is 123 cm³/mol. The van der Waals surface area contributed by atoms with E-state index in [0.717, 1.165) is 76.3 Å². The van der Waals surface area contributed by atoms with Crippen LogP contribution in [0.3, 0.4) is 0 Å². The lowest BCUT2D eigenvalue weighted by Crippen LogP contribution is -2.50. The van der Waals surface area contributed by atoms with Gasteiger partial charge in [-0.2, -0.15) is 0 Å². The summed E-state index contributed by atoms with van der Waals surface area (Å²) in [6, 6.07) is 9.08. The summed E-state index contributed by atoms with van der Waals surface area (Å²) in [5, 5.41) is 10.7. The van der Waals surface area contributed by atoms with Crippen LogP contribution in [0.5, 0.6) is 0 Å². The Kier molecular flexibility index (Phi) is 7.30. The SMILES string of the molecule is CN=C(NCC(c1ccc(C)o1)N1CCOCC1)NC1CCN(c2cccs2)CC1. The summed E-state index contributed by atoms with van der Waals surface area (Å²) in [4.78, 5) is 9.39. The van der Waals surface area contributed by atoms with Crippen LogP contribution in [0.1, 0.15) is 30.4 Å². The van der Waals surface area contributed by atoms with E-state index in [1.165, 1.54) is 5.00 Å². The van der Waals surface area contributed by atoms with E-state index in [0.29, 0.717) is 6.04 Å². The molecule has 2 N–H and O–H groups in total. The van der Waals surface area contributed by atoms with Crippen LogP contribution in [0.15, 0.2) is 39.1 Å². The first-order valence-corrected chi connectivity index (χ1v) is 11.7. The molecule has 164 valence electrons. The van der Waals surface area contributed by atoms with Crippen LogP contribution in [-0.4, -0.2) is 69.9 Å². The topological polar surface area (TPSA) is 65.3 Å². The summed E-state index contributed by atoms with van der Waals surface area (Å²) in [6.07, 6.45) is 2.23. The van der Waals surface area contributed by atoms with Gasteiger partial charge in [0.1, 0.15) is 11.5 Å². The molecule has 0 aromatic carbocycles. The number of furan rings is 1. The molecule has 8 heteroatoms. The van der Waals surface area contributed by atoms with E-state index in [1.807, 2.05) is 31.4 Å². The highest BCUT2D eigenvalue weighted by atomic mass is 32.1. The summed E-state index contributed by atoms with van der Waals surface area (Å²) in [7, 11) is 1.84. The number of morpholine rings is 1. The van der Waals surface area contributed by atoms with Crippen LogP contribution >= 0.6 is 11.3 Å². The number of ether oxygens (including phenoxy) is 1. The van der Waals surface area contributed by atoms with Crippen LogP contribution < -0.4 is 15.5 Å². The zero-order valence-electron chi connectivity index (χ0n) is 18.0. The smallest absolute Gasteiger partial charge is 0.191 e. The van der Waals surface area contributed by atoms with Crippen molar-refractivity contribution < 1.29 is 9.15 Å². The lowest BCUT2D eigenvalue weighted by atomic mass is 10.1. The third-order valence-corrected chi connectivity index (χ3v) is 6.85. The number of piperidine rings is 1. The minimum atomic E-state index is 0.168. The van der Waals surface area contributed by atoms with E-state index < -0.39 is 0 Å². The lowest BCUT2D eigenvalue weighted by molar-refractivity contribution is 0.0124. The standard InChI is InChI=1S/C22H33N5O2S/c1-17-5-6-20(29-17)19(26-11-13-28-14-12-26)16-24-22(23-2)25-18-7-9-27(10-8-18)21-4-3-15-30-21/h3-6,15,18-19H,7-14,16H2,1-2H3,(H2,23,24,25). The quantitative estimate of drug-likeness (QED) is 0.542. The molecule has 1 atom stereocenters. The van der Waals surface area contributed by atoms with Gasteiger partial charge in [-0.05, 0) is 49.4 Å². The number of anilines is 1. The fourth-order valence-electron chi connectivity index (χ4n) is 4.21. The zero-order valence-corrected chi connectivity index (χ0v) is 18.8. The van der Waals surface area contributed by atoms with Crippen molar-refractivity contribution in [3.63, 3.8) is 0 Å². The molecule has 4 heterocycles. The number of nitrogens with zero attached hydrogens (tertiary/aromatic N) is 3. The molecule has 2 saturated heterocycles. The molecule has 30 heavy (non-hydrogen) atoms. The number of aliphatic imine (C=N–C) groups is 1. The molecule has 2 aliphatic heterocycles. The summed E-state index contributed by atoms with van der Waals surface area (Å²) in [5.74, 6) is 2.82. The van der Waals surface area contributed by atoms with Crippen molar-refractivity contribution in [1.29, 1.82) is 0 Å². The van der Waals surface area contributed by atoms with Crippen molar-refractivity contribution in [3.05, 3.63) is 41.2 Å². The van der Waals surface area contributed by atoms with Gasteiger partial charge in [0.25, 0.3) is 0 Å². The van der Waals surface area contributed by atoms with Gasteiger partial charge in [-0.15, -0.1) is 11.3 Å². The molecule has 1 unspecified atom stereocenters. The van der Waals surface area contributed by atoms with Gasteiger partial charge in [-0.3, -0.25) is 9.89 Å². The number of hydrogen-bond donors (Lipinski definition) is 2. The Labute approximate surface area is 183 Å². The molecule has 0 bridgehead atoms. The summed E-state index contributed by atoms with van der Waals surface area (Å²) < 4.78 is 11.5. The average Bonchev–Trinajstić information content (AvgIpc) is 3.47. The molecule has 2 aromatic heterocycles. The van der Waals surface area contributed by atoms with E-state index in [4.69, 9.17) is 9.15 Å². The van der Waals surface area contributed by atoms with Crippen molar-refractivity contribution in [1.82, 2.24) is 15.5 Å². The number of aryl methyl sites for hydroxylation is 1. The second kappa shape index (κ2) is 10.3. The second-order valence-electron chi connectivity index (χ2n) is 7.92. The third-order valence-electron chi connectivity index (χ3n) is 5.92. The van der Waals surface area contributed by atoms with Crippen molar-refractivity contribution >= 4 is 22.3 Å². The molecule has 7 nitrogen and oxygen atoms in total. The van der Waals surface area contributed by atoms with E-state index in [-0.39, 0.29) is 6.04 Å². The molecule has 2 aliphatic rings. The first kappa shape index (κ1) is 21.2.